The van der Waals surface area contributed by atoms with Gasteiger partial charge in [0.05, 0.1) is 11.0 Å². The number of nitrogens with zero attached hydrogens (tertiary/aromatic N) is 3. The highest BCUT2D eigenvalue weighted by molar-refractivity contribution is 6.09. The molecule has 0 saturated carbocycles. The van der Waals surface area contributed by atoms with Crippen molar-refractivity contribution in [1.82, 2.24) is 14.5 Å². The minimum absolute atomic E-state index is 0.642. The van der Waals surface area contributed by atoms with Gasteiger partial charge in [0.25, 0.3) is 0 Å². The maximum absolute atomic E-state index is 6.61. The first-order chi connectivity index (χ1) is 23.7. The molecule has 4 nitrogen and oxygen atoms in total. The predicted molar refractivity (Wildman–Crippen MR) is 199 cm³/mol. The first kappa shape index (κ1) is 28.0. The molecule has 0 aliphatic heterocycles. The van der Waals surface area contributed by atoms with E-state index >= 15 is 0 Å². The molecule has 1 aliphatic rings. The van der Waals surface area contributed by atoms with E-state index in [2.05, 4.69) is 126 Å². The number of rotatable bonds is 6. The fraction of sp³-hybridized carbons (Fsp3) is 0.0455. The second-order valence-corrected chi connectivity index (χ2v) is 12.2. The lowest BCUT2D eigenvalue weighted by Gasteiger charge is -2.10. The Labute approximate surface area is 278 Å². The van der Waals surface area contributed by atoms with Gasteiger partial charge in [-0.2, -0.15) is 0 Å². The lowest BCUT2D eigenvalue weighted by atomic mass is 10.0. The number of para-hydroxylation sites is 2. The van der Waals surface area contributed by atoms with Crippen LogP contribution in [0, 0.1) is 0 Å². The molecule has 5 aromatic carbocycles. The average molecular weight is 618 g/mol. The molecule has 0 unspecified atom stereocenters. The highest BCUT2D eigenvalue weighted by Gasteiger charge is 2.19. The Morgan fingerprint density at radius 2 is 1.42 bits per heavy atom. The van der Waals surface area contributed by atoms with Crippen LogP contribution in [0.25, 0.3) is 77.7 Å². The van der Waals surface area contributed by atoms with Crippen LogP contribution in [-0.4, -0.2) is 14.5 Å². The minimum atomic E-state index is 0.642. The van der Waals surface area contributed by atoms with Crippen LogP contribution in [0.3, 0.4) is 0 Å². The Morgan fingerprint density at radius 3 is 2.19 bits per heavy atom. The second-order valence-electron chi connectivity index (χ2n) is 12.2. The van der Waals surface area contributed by atoms with E-state index in [4.69, 9.17) is 14.4 Å². The molecule has 0 spiro atoms. The quantitative estimate of drug-likeness (QED) is 0.174. The summed E-state index contributed by atoms with van der Waals surface area (Å²) in [7, 11) is 0. The Morgan fingerprint density at radius 1 is 0.688 bits per heavy atom. The first-order valence-corrected chi connectivity index (χ1v) is 16.3. The first-order valence-electron chi connectivity index (χ1n) is 16.3. The van der Waals surface area contributed by atoms with Crippen molar-refractivity contribution in [2.24, 2.45) is 0 Å². The van der Waals surface area contributed by atoms with E-state index in [1.165, 1.54) is 27.4 Å². The van der Waals surface area contributed by atoms with Gasteiger partial charge in [0, 0.05) is 27.4 Å². The van der Waals surface area contributed by atoms with Crippen LogP contribution in [0.1, 0.15) is 18.5 Å². The Hall–Kier alpha value is -6.26. The van der Waals surface area contributed by atoms with Gasteiger partial charge in [-0.3, -0.25) is 0 Å². The highest BCUT2D eigenvalue weighted by Crippen LogP contribution is 2.37. The van der Waals surface area contributed by atoms with Crippen LogP contribution in [0.2, 0.25) is 0 Å². The van der Waals surface area contributed by atoms with Crippen molar-refractivity contribution in [3.8, 4) is 28.2 Å². The van der Waals surface area contributed by atoms with Crippen molar-refractivity contribution < 1.29 is 4.42 Å². The summed E-state index contributed by atoms with van der Waals surface area (Å²) in [5, 5.41) is 3.44. The molecule has 0 amide bonds. The molecule has 8 aromatic rings. The number of hydrogen-bond donors (Lipinski definition) is 0. The van der Waals surface area contributed by atoms with E-state index in [0.717, 1.165) is 57.3 Å². The number of allylic oxidation sites excluding steroid dienone is 7. The van der Waals surface area contributed by atoms with Crippen molar-refractivity contribution in [3.63, 3.8) is 0 Å². The zero-order valence-electron chi connectivity index (χ0n) is 26.3. The summed E-state index contributed by atoms with van der Waals surface area (Å²) < 4.78 is 8.96. The van der Waals surface area contributed by atoms with Gasteiger partial charge in [-0.1, -0.05) is 122 Å². The smallest absolute Gasteiger partial charge is 0.180 e. The van der Waals surface area contributed by atoms with Crippen molar-refractivity contribution in [2.75, 3.05) is 0 Å². The van der Waals surface area contributed by atoms with Crippen LogP contribution >= 0.6 is 0 Å². The molecular weight excluding hydrogens is 587 g/mol. The van der Waals surface area contributed by atoms with Gasteiger partial charge in [-0.05, 0) is 71.5 Å². The third kappa shape index (κ3) is 4.78. The van der Waals surface area contributed by atoms with Gasteiger partial charge in [0.2, 0.25) is 0 Å². The third-order valence-electron chi connectivity index (χ3n) is 9.17. The fourth-order valence-corrected chi connectivity index (χ4v) is 6.81. The number of aromatic nitrogens is 3. The van der Waals surface area contributed by atoms with Crippen LogP contribution in [0.4, 0.5) is 0 Å². The number of fused-ring (bicyclic) bond motifs is 6. The highest BCUT2D eigenvalue weighted by atomic mass is 16.3. The third-order valence-corrected chi connectivity index (χ3v) is 9.17. The molecule has 0 saturated heterocycles. The largest absolute Gasteiger partial charge is 0.452 e. The van der Waals surface area contributed by atoms with E-state index in [-0.39, 0.29) is 0 Å². The van der Waals surface area contributed by atoms with Crippen molar-refractivity contribution >= 4 is 49.4 Å². The molecule has 228 valence electrons. The Balaban J connectivity index is 1.17. The van der Waals surface area contributed by atoms with Crippen LogP contribution in [0.15, 0.2) is 168 Å². The molecule has 0 fully saturated rings. The summed E-state index contributed by atoms with van der Waals surface area (Å²) in [5.41, 5.74) is 11.4. The summed E-state index contributed by atoms with van der Waals surface area (Å²) in [5.74, 6) is 0.648. The molecule has 4 heteroatoms. The van der Waals surface area contributed by atoms with E-state index in [0.29, 0.717) is 17.1 Å². The summed E-state index contributed by atoms with van der Waals surface area (Å²) >= 11 is 0. The standard InChI is InChI=1S/C44H31N3O/c1-29(23-24-30-13-4-2-5-14-30)41-43-42(46-44(45-41)31-15-6-3-7-16-31)37-26-25-33(28-40(37)48-43)32-17-12-18-34(27-32)47-38-21-10-8-19-35(38)36-20-9-11-22-39(36)47/h3-4,6-28H,1-2,5H2/b24-23-. The second kappa shape index (κ2) is 11.5. The SMILES string of the molecule is C=C(/C=C\C1=CCCC=C1)c1nc(-c2ccccc2)nc2c1oc1cc(-c3cccc(-n4c5ccccc5c5ccccc54)c3)ccc12. The van der Waals surface area contributed by atoms with E-state index in [1.807, 2.05) is 36.4 Å². The molecule has 0 N–H and O–H groups in total. The molecule has 0 atom stereocenters. The summed E-state index contributed by atoms with van der Waals surface area (Å²) in [6.07, 6.45) is 12.8. The molecule has 0 bridgehead atoms. The van der Waals surface area contributed by atoms with Gasteiger partial charge in [-0.25, -0.2) is 9.97 Å². The number of hydrogen-bond acceptors (Lipinski definition) is 3. The number of benzene rings is 5. The van der Waals surface area contributed by atoms with Gasteiger partial charge in [0.15, 0.2) is 11.4 Å². The molecule has 0 radical (unpaired) electrons. The maximum atomic E-state index is 6.61. The van der Waals surface area contributed by atoms with Crippen LogP contribution < -0.4 is 0 Å². The average Bonchev–Trinajstić information content (AvgIpc) is 3.70. The predicted octanol–water partition coefficient (Wildman–Crippen LogP) is 11.7. The van der Waals surface area contributed by atoms with Crippen molar-refractivity contribution in [3.05, 3.63) is 170 Å². The van der Waals surface area contributed by atoms with E-state index in [1.54, 1.807) is 0 Å². The monoisotopic (exact) mass is 617 g/mol. The topological polar surface area (TPSA) is 43.9 Å². The zero-order valence-corrected chi connectivity index (χ0v) is 26.3. The molecule has 48 heavy (non-hydrogen) atoms. The van der Waals surface area contributed by atoms with Gasteiger partial charge in [-0.15, -0.1) is 0 Å². The maximum Gasteiger partial charge on any atom is 0.180 e. The van der Waals surface area contributed by atoms with E-state index < -0.39 is 0 Å². The van der Waals surface area contributed by atoms with E-state index in [9.17, 15) is 0 Å². The van der Waals surface area contributed by atoms with Crippen LogP contribution in [0.5, 0.6) is 0 Å². The summed E-state index contributed by atoms with van der Waals surface area (Å²) in [6.45, 7) is 4.42. The molecule has 9 rings (SSSR count). The Kier molecular flexibility index (Phi) is 6.72. The van der Waals surface area contributed by atoms with Gasteiger partial charge >= 0.3 is 0 Å². The lowest BCUT2D eigenvalue weighted by Crippen LogP contribution is -1.95. The lowest BCUT2D eigenvalue weighted by molar-refractivity contribution is 0.664. The molecular formula is C44H31N3O. The van der Waals surface area contributed by atoms with Crippen molar-refractivity contribution in [2.45, 2.75) is 12.8 Å². The fourth-order valence-electron chi connectivity index (χ4n) is 6.81. The van der Waals surface area contributed by atoms with Crippen molar-refractivity contribution in [1.29, 1.82) is 0 Å². The summed E-state index contributed by atoms with van der Waals surface area (Å²) in [6, 6.07) is 42.4. The van der Waals surface area contributed by atoms with Gasteiger partial charge in [0.1, 0.15) is 16.8 Å². The normalized spacial score (nSPS) is 13.3. The zero-order chi connectivity index (χ0) is 32.0. The van der Waals surface area contributed by atoms with Gasteiger partial charge < -0.3 is 8.98 Å². The molecule has 1 aliphatic carbocycles. The summed E-state index contributed by atoms with van der Waals surface area (Å²) in [4.78, 5) is 10.0. The molecule has 3 heterocycles. The Bertz CT molecular complexity index is 2580. The number of furan rings is 1. The van der Waals surface area contributed by atoms with Crippen LogP contribution in [-0.2, 0) is 0 Å². The molecule has 3 aromatic heterocycles. The minimum Gasteiger partial charge on any atom is -0.452 e.